The summed E-state index contributed by atoms with van der Waals surface area (Å²) in [6.45, 7) is 6.30. The number of carbonyl (C=O) groups excluding carboxylic acids is 1. The molecule has 0 radical (unpaired) electrons. The number of hydrogen-bond donors (Lipinski definition) is 1. The molecule has 0 spiro atoms. The Morgan fingerprint density at radius 3 is 2.59 bits per heavy atom. The van der Waals surface area contributed by atoms with Crippen molar-refractivity contribution in [3.63, 3.8) is 0 Å². The van der Waals surface area contributed by atoms with Gasteiger partial charge in [-0.15, -0.1) is 0 Å². The summed E-state index contributed by atoms with van der Waals surface area (Å²) >= 11 is 0. The molecule has 0 aliphatic heterocycles. The van der Waals surface area contributed by atoms with E-state index in [1.165, 1.54) is 12.8 Å². The topological polar surface area (TPSA) is 62.1 Å². The zero-order valence-corrected chi connectivity index (χ0v) is 11.2. The maximum atomic E-state index is 11.8. The maximum absolute atomic E-state index is 11.8. The largest absolute Gasteiger partial charge is 0.465 e. The van der Waals surface area contributed by atoms with Crippen molar-refractivity contribution in [2.45, 2.75) is 58.4 Å². The van der Waals surface area contributed by atoms with E-state index < -0.39 is 5.54 Å². The quantitative estimate of drug-likeness (QED) is 0.382. The average Bonchev–Trinajstić information content (AvgIpc) is 2.32. The van der Waals surface area contributed by atoms with Crippen molar-refractivity contribution in [1.29, 1.82) is 5.26 Å². The maximum Gasteiger partial charge on any atom is 0.326 e. The van der Waals surface area contributed by atoms with Crippen LogP contribution in [0.1, 0.15) is 52.9 Å². The predicted octanol–water partition coefficient (Wildman–Crippen LogP) is 2.39. The van der Waals surface area contributed by atoms with Gasteiger partial charge in [0, 0.05) is 0 Å². The Hall–Kier alpha value is -1.08. The first kappa shape index (κ1) is 15.9. The molecule has 0 saturated carbocycles. The molecular formula is C13H24N2O2. The van der Waals surface area contributed by atoms with Crippen LogP contribution in [0.3, 0.4) is 0 Å². The van der Waals surface area contributed by atoms with Crippen LogP contribution in [0.25, 0.3) is 0 Å². The van der Waals surface area contributed by atoms with Crippen LogP contribution < -0.4 is 5.32 Å². The second-order valence-electron chi connectivity index (χ2n) is 4.37. The molecule has 0 aliphatic rings. The van der Waals surface area contributed by atoms with Crippen LogP contribution in [0.2, 0.25) is 0 Å². The number of nitriles is 1. The monoisotopic (exact) mass is 240 g/mol. The van der Waals surface area contributed by atoms with E-state index in [1.54, 1.807) is 6.92 Å². The van der Waals surface area contributed by atoms with Crippen LogP contribution in [-0.2, 0) is 9.53 Å². The highest BCUT2D eigenvalue weighted by Gasteiger charge is 2.33. The second-order valence-corrected chi connectivity index (χ2v) is 4.37. The zero-order chi connectivity index (χ0) is 13.1. The summed E-state index contributed by atoms with van der Waals surface area (Å²) in [5.74, 6) is -0.258. The molecule has 4 nitrogen and oxygen atoms in total. The van der Waals surface area contributed by atoms with Crippen LogP contribution in [-0.4, -0.2) is 24.7 Å². The molecule has 0 amide bonds. The van der Waals surface area contributed by atoms with E-state index in [1.807, 2.05) is 13.0 Å². The first-order valence-corrected chi connectivity index (χ1v) is 6.40. The van der Waals surface area contributed by atoms with E-state index in [2.05, 4.69) is 12.2 Å². The second kappa shape index (κ2) is 9.00. The highest BCUT2D eigenvalue weighted by Crippen LogP contribution is 2.17. The van der Waals surface area contributed by atoms with Crippen LogP contribution in [0.15, 0.2) is 0 Å². The minimum Gasteiger partial charge on any atom is -0.465 e. The summed E-state index contributed by atoms with van der Waals surface area (Å²) in [4.78, 5) is 11.8. The van der Waals surface area contributed by atoms with Crippen LogP contribution in [0.5, 0.6) is 0 Å². The van der Waals surface area contributed by atoms with Crippen molar-refractivity contribution < 1.29 is 9.53 Å². The van der Waals surface area contributed by atoms with Gasteiger partial charge < -0.3 is 4.74 Å². The van der Waals surface area contributed by atoms with Crippen LogP contribution in [0, 0.1) is 11.3 Å². The van der Waals surface area contributed by atoms with E-state index >= 15 is 0 Å². The first-order valence-electron chi connectivity index (χ1n) is 6.40. The summed E-state index contributed by atoms with van der Waals surface area (Å²) < 4.78 is 5.05. The van der Waals surface area contributed by atoms with Gasteiger partial charge in [-0.25, -0.2) is 0 Å². The van der Waals surface area contributed by atoms with Gasteiger partial charge in [0.1, 0.15) is 5.54 Å². The summed E-state index contributed by atoms with van der Waals surface area (Å²) in [6.07, 6.45) is 5.15. The summed E-state index contributed by atoms with van der Waals surface area (Å²) in [5, 5.41) is 11.6. The van der Waals surface area contributed by atoms with Gasteiger partial charge in [-0.05, 0) is 20.3 Å². The molecule has 17 heavy (non-hydrogen) atoms. The SMILES string of the molecule is CCCCCCC(C)(NCC#N)C(=O)OCC. The molecule has 0 heterocycles. The predicted molar refractivity (Wildman–Crippen MR) is 67.4 cm³/mol. The standard InChI is InChI=1S/C13H24N2O2/c1-4-6-7-8-9-13(3,15-11-10-14)12(16)17-5-2/h15H,4-9,11H2,1-3H3. The highest BCUT2D eigenvalue weighted by molar-refractivity contribution is 5.80. The lowest BCUT2D eigenvalue weighted by atomic mass is 9.94. The van der Waals surface area contributed by atoms with Gasteiger partial charge in [-0.1, -0.05) is 32.6 Å². The molecule has 0 rings (SSSR count). The third-order valence-electron chi connectivity index (χ3n) is 2.81. The van der Waals surface area contributed by atoms with Gasteiger partial charge in [0.15, 0.2) is 0 Å². The Kier molecular flexibility index (Phi) is 8.43. The van der Waals surface area contributed by atoms with Gasteiger partial charge in [0.05, 0.1) is 19.2 Å². The Morgan fingerprint density at radius 2 is 2.06 bits per heavy atom. The number of ether oxygens (including phenoxy) is 1. The fourth-order valence-electron chi connectivity index (χ4n) is 1.69. The van der Waals surface area contributed by atoms with Gasteiger partial charge >= 0.3 is 5.97 Å². The number of esters is 1. The lowest BCUT2D eigenvalue weighted by Crippen LogP contribution is -2.50. The number of hydrogen-bond acceptors (Lipinski definition) is 4. The Labute approximate surface area is 104 Å². The normalized spacial score (nSPS) is 13.8. The molecule has 1 unspecified atom stereocenters. The summed E-state index contributed by atoms with van der Waals surface area (Å²) in [5.41, 5.74) is -0.723. The van der Waals surface area contributed by atoms with E-state index in [9.17, 15) is 4.79 Å². The minimum atomic E-state index is -0.723. The van der Waals surface area contributed by atoms with E-state index in [0.29, 0.717) is 13.0 Å². The lowest BCUT2D eigenvalue weighted by molar-refractivity contribution is -0.150. The fraction of sp³-hybridized carbons (Fsp3) is 0.846. The summed E-state index contributed by atoms with van der Waals surface area (Å²) in [6, 6.07) is 2.00. The van der Waals surface area contributed by atoms with Crippen molar-refractivity contribution in [1.82, 2.24) is 5.32 Å². The molecule has 0 aromatic heterocycles. The van der Waals surface area contributed by atoms with Gasteiger partial charge in [0.2, 0.25) is 0 Å². The molecule has 0 bridgehead atoms. The van der Waals surface area contributed by atoms with Crippen LogP contribution >= 0.6 is 0 Å². The number of nitrogens with zero attached hydrogens (tertiary/aromatic N) is 1. The van der Waals surface area contributed by atoms with Gasteiger partial charge in [-0.3, -0.25) is 10.1 Å². The average molecular weight is 240 g/mol. The molecule has 1 N–H and O–H groups in total. The van der Waals surface area contributed by atoms with Crippen molar-refractivity contribution in [3.8, 4) is 6.07 Å². The Morgan fingerprint density at radius 1 is 1.35 bits per heavy atom. The number of unbranched alkanes of at least 4 members (excludes halogenated alkanes) is 3. The molecule has 98 valence electrons. The number of nitrogens with one attached hydrogen (secondary N) is 1. The van der Waals surface area contributed by atoms with E-state index in [0.717, 1.165) is 12.8 Å². The molecule has 0 saturated heterocycles. The molecule has 0 aliphatic carbocycles. The third-order valence-corrected chi connectivity index (χ3v) is 2.81. The molecule has 0 aromatic rings. The Balaban J connectivity index is 4.28. The highest BCUT2D eigenvalue weighted by atomic mass is 16.5. The zero-order valence-electron chi connectivity index (χ0n) is 11.2. The minimum absolute atomic E-state index is 0.170. The molecule has 0 aromatic carbocycles. The Bertz CT molecular complexity index is 261. The van der Waals surface area contributed by atoms with Crippen molar-refractivity contribution in [2.75, 3.05) is 13.2 Å². The van der Waals surface area contributed by atoms with E-state index in [4.69, 9.17) is 10.00 Å². The fourth-order valence-corrected chi connectivity index (χ4v) is 1.69. The molecule has 4 heteroatoms. The third kappa shape index (κ3) is 6.28. The molecule has 0 fully saturated rings. The lowest BCUT2D eigenvalue weighted by Gasteiger charge is -2.27. The van der Waals surface area contributed by atoms with Crippen molar-refractivity contribution in [3.05, 3.63) is 0 Å². The number of rotatable bonds is 9. The van der Waals surface area contributed by atoms with Crippen molar-refractivity contribution in [2.24, 2.45) is 0 Å². The first-order chi connectivity index (χ1) is 8.10. The van der Waals surface area contributed by atoms with Gasteiger partial charge in [0.25, 0.3) is 0 Å². The van der Waals surface area contributed by atoms with Gasteiger partial charge in [-0.2, -0.15) is 5.26 Å². The molecule has 1 atom stereocenters. The van der Waals surface area contributed by atoms with E-state index in [-0.39, 0.29) is 12.5 Å². The number of carbonyl (C=O) groups is 1. The molecular weight excluding hydrogens is 216 g/mol. The smallest absolute Gasteiger partial charge is 0.326 e. The van der Waals surface area contributed by atoms with Crippen molar-refractivity contribution >= 4 is 5.97 Å². The summed E-state index contributed by atoms with van der Waals surface area (Å²) in [7, 11) is 0. The van der Waals surface area contributed by atoms with Crippen LogP contribution in [0.4, 0.5) is 0 Å².